The van der Waals surface area contributed by atoms with E-state index < -0.39 is 15.8 Å². The van der Waals surface area contributed by atoms with E-state index in [1.54, 1.807) is 6.20 Å². The van der Waals surface area contributed by atoms with Gasteiger partial charge in [-0.2, -0.15) is 0 Å². The Morgan fingerprint density at radius 1 is 1.50 bits per heavy atom. The van der Waals surface area contributed by atoms with Gasteiger partial charge in [0, 0.05) is 23.1 Å². The maximum absolute atomic E-state index is 11.5. The Labute approximate surface area is 119 Å². The van der Waals surface area contributed by atoms with Crippen LogP contribution < -0.4 is 0 Å². The zero-order valence-corrected chi connectivity index (χ0v) is 12.0. The fraction of sp³-hybridized carbons (Fsp3) is 0.333. The molecule has 1 atom stereocenters. The van der Waals surface area contributed by atoms with E-state index in [1.807, 2.05) is 5.38 Å². The van der Waals surface area contributed by atoms with Crippen molar-refractivity contribution in [3.05, 3.63) is 28.3 Å². The zero-order valence-electron chi connectivity index (χ0n) is 10.4. The Morgan fingerprint density at radius 3 is 2.90 bits per heavy atom. The third-order valence-corrected chi connectivity index (χ3v) is 6.09. The number of rotatable bonds is 3. The van der Waals surface area contributed by atoms with Gasteiger partial charge in [0.15, 0.2) is 9.84 Å². The predicted octanol–water partition coefficient (Wildman–Crippen LogP) is 1.74. The second kappa shape index (κ2) is 4.71. The maximum atomic E-state index is 11.5. The van der Waals surface area contributed by atoms with Crippen LogP contribution in [0.25, 0.3) is 11.3 Å². The van der Waals surface area contributed by atoms with E-state index in [4.69, 9.17) is 5.11 Å². The summed E-state index contributed by atoms with van der Waals surface area (Å²) in [5.74, 6) is -0.668. The van der Waals surface area contributed by atoms with Crippen LogP contribution in [0.15, 0.2) is 17.6 Å². The molecular weight excluding hydrogens is 300 g/mol. The lowest BCUT2D eigenvalue weighted by Gasteiger charge is -2.01. The maximum Gasteiger partial charge on any atom is 0.352 e. The van der Waals surface area contributed by atoms with E-state index in [0.29, 0.717) is 17.7 Å². The van der Waals surface area contributed by atoms with Crippen molar-refractivity contribution in [3.8, 4) is 11.3 Å². The summed E-state index contributed by atoms with van der Waals surface area (Å²) in [5.41, 5.74) is 1.49. The monoisotopic (exact) mass is 312 g/mol. The highest BCUT2D eigenvalue weighted by atomic mass is 32.2. The molecule has 0 spiro atoms. The number of aromatic amines is 1. The standard InChI is InChI=1S/C12H12N2O4S2/c15-12(16)9-3-8(4-13-9)10-5-19-11(14-10)7-1-2-20(17,18)6-7/h3-5,7,13H,1-2,6H2,(H,15,16). The molecule has 0 radical (unpaired) electrons. The van der Waals surface area contributed by atoms with E-state index in [0.717, 1.165) is 5.01 Å². The molecule has 2 N–H and O–H groups in total. The Bertz CT molecular complexity index is 760. The molecule has 1 unspecified atom stereocenters. The van der Waals surface area contributed by atoms with Crippen LogP contribution in [0, 0.1) is 0 Å². The largest absolute Gasteiger partial charge is 0.477 e. The van der Waals surface area contributed by atoms with Crippen LogP contribution in [0.2, 0.25) is 0 Å². The van der Waals surface area contributed by atoms with Crippen LogP contribution >= 0.6 is 11.3 Å². The van der Waals surface area contributed by atoms with E-state index >= 15 is 0 Å². The van der Waals surface area contributed by atoms with Gasteiger partial charge in [-0.1, -0.05) is 0 Å². The number of thiazole rings is 1. The molecule has 106 valence electrons. The summed E-state index contributed by atoms with van der Waals surface area (Å²) in [7, 11) is -2.92. The first kappa shape index (κ1) is 13.3. The van der Waals surface area contributed by atoms with Gasteiger partial charge in [0.25, 0.3) is 0 Å². The van der Waals surface area contributed by atoms with Gasteiger partial charge in [-0.3, -0.25) is 0 Å². The van der Waals surface area contributed by atoms with E-state index in [2.05, 4.69) is 9.97 Å². The first-order valence-electron chi connectivity index (χ1n) is 6.02. The van der Waals surface area contributed by atoms with Crippen molar-refractivity contribution in [2.24, 2.45) is 0 Å². The van der Waals surface area contributed by atoms with E-state index in [9.17, 15) is 13.2 Å². The zero-order chi connectivity index (χ0) is 14.3. The molecule has 0 bridgehead atoms. The molecule has 0 aromatic carbocycles. The fourth-order valence-corrected chi connectivity index (χ4v) is 5.08. The Hall–Kier alpha value is -1.67. The number of aromatic nitrogens is 2. The Kier molecular flexibility index (Phi) is 3.14. The van der Waals surface area contributed by atoms with Crippen LogP contribution in [0.5, 0.6) is 0 Å². The summed E-state index contributed by atoms with van der Waals surface area (Å²) < 4.78 is 23.0. The number of nitrogens with zero attached hydrogens (tertiary/aromatic N) is 1. The van der Waals surface area contributed by atoms with Crippen LogP contribution in [0.1, 0.15) is 27.8 Å². The molecule has 2 aromatic heterocycles. The molecule has 0 saturated carbocycles. The lowest BCUT2D eigenvalue weighted by molar-refractivity contribution is 0.0691. The highest BCUT2D eigenvalue weighted by Gasteiger charge is 2.31. The van der Waals surface area contributed by atoms with Gasteiger partial charge in [0.2, 0.25) is 0 Å². The Morgan fingerprint density at radius 2 is 2.30 bits per heavy atom. The normalized spacial score (nSPS) is 21.1. The minimum atomic E-state index is -2.92. The van der Waals surface area contributed by atoms with Crippen molar-refractivity contribution in [1.82, 2.24) is 9.97 Å². The van der Waals surface area contributed by atoms with Gasteiger partial charge in [-0.25, -0.2) is 18.2 Å². The van der Waals surface area contributed by atoms with Crippen molar-refractivity contribution in [2.75, 3.05) is 11.5 Å². The van der Waals surface area contributed by atoms with Crippen LogP contribution in [0.3, 0.4) is 0 Å². The van der Waals surface area contributed by atoms with Gasteiger partial charge in [0.05, 0.1) is 22.2 Å². The first-order chi connectivity index (χ1) is 9.44. The average molecular weight is 312 g/mol. The smallest absolute Gasteiger partial charge is 0.352 e. The van der Waals surface area contributed by atoms with Crippen LogP contribution in [-0.2, 0) is 9.84 Å². The van der Waals surface area contributed by atoms with Crippen molar-refractivity contribution >= 4 is 27.1 Å². The van der Waals surface area contributed by atoms with Gasteiger partial charge in [-0.05, 0) is 12.5 Å². The molecule has 1 fully saturated rings. The molecule has 0 aliphatic carbocycles. The fourth-order valence-electron chi connectivity index (χ4n) is 2.26. The number of nitrogens with one attached hydrogen (secondary N) is 1. The third kappa shape index (κ3) is 2.48. The first-order valence-corrected chi connectivity index (χ1v) is 8.73. The molecule has 20 heavy (non-hydrogen) atoms. The summed E-state index contributed by atoms with van der Waals surface area (Å²) >= 11 is 1.42. The molecule has 0 amide bonds. The van der Waals surface area contributed by atoms with Crippen molar-refractivity contribution < 1.29 is 18.3 Å². The van der Waals surface area contributed by atoms with E-state index in [-0.39, 0.29) is 23.1 Å². The summed E-state index contributed by atoms with van der Waals surface area (Å²) in [5, 5.41) is 11.5. The summed E-state index contributed by atoms with van der Waals surface area (Å²) in [6.45, 7) is 0. The van der Waals surface area contributed by atoms with Gasteiger partial charge in [-0.15, -0.1) is 11.3 Å². The average Bonchev–Trinajstić information content (AvgIpc) is 3.04. The molecule has 1 saturated heterocycles. The second-order valence-electron chi connectivity index (χ2n) is 4.78. The summed E-state index contributed by atoms with van der Waals surface area (Å²) in [4.78, 5) is 17.9. The lowest BCUT2D eigenvalue weighted by Crippen LogP contribution is -2.03. The minimum Gasteiger partial charge on any atom is -0.477 e. The van der Waals surface area contributed by atoms with Gasteiger partial charge >= 0.3 is 5.97 Å². The molecule has 2 aromatic rings. The number of H-pyrrole nitrogens is 1. The van der Waals surface area contributed by atoms with Crippen LogP contribution in [0.4, 0.5) is 0 Å². The molecule has 8 heteroatoms. The quantitative estimate of drug-likeness (QED) is 0.899. The number of carboxylic acids is 1. The molecule has 1 aliphatic rings. The summed E-state index contributed by atoms with van der Waals surface area (Å²) in [6.07, 6.45) is 2.20. The predicted molar refractivity (Wildman–Crippen MR) is 74.9 cm³/mol. The topological polar surface area (TPSA) is 100 Å². The highest BCUT2D eigenvalue weighted by molar-refractivity contribution is 7.91. The number of carbonyl (C=O) groups is 1. The minimum absolute atomic E-state index is 0.0309. The lowest BCUT2D eigenvalue weighted by atomic mass is 10.1. The number of sulfone groups is 1. The van der Waals surface area contributed by atoms with Crippen molar-refractivity contribution in [2.45, 2.75) is 12.3 Å². The molecule has 3 rings (SSSR count). The third-order valence-electron chi connectivity index (χ3n) is 3.31. The molecular formula is C12H12N2O4S2. The van der Waals surface area contributed by atoms with Gasteiger partial charge < -0.3 is 10.1 Å². The SMILES string of the molecule is O=C(O)c1cc(-c2csc(C3CCS(=O)(=O)C3)n2)c[nH]1. The molecule has 6 nitrogen and oxygen atoms in total. The van der Waals surface area contributed by atoms with Crippen molar-refractivity contribution in [3.63, 3.8) is 0 Å². The number of carboxylic acid groups (broad SMARTS) is 1. The number of hydrogen-bond donors (Lipinski definition) is 2. The van der Waals surface area contributed by atoms with E-state index in [1.165, 1.54) is 17.4 Å². The Balaban J connectivity index is 1.85. The van der Waals surface area contributed by atoms with Crippen molar-refractivity contribution in [1.29, 1.82) is 0 Å². The molecule has 3 heterocycles. The molecule has 1 aliphatic heterocycles. The number of aromatic carboxylic acids is 1. The van der Waals surface area contributed by atoms with Crippen LogP contribution in [-0.4, -0.2) is 41.0 Å². The van der Waals surface area contributed by atoms with Gasteiger partial charge in [0.1, 0.15) is 5.69 Å². The summed E-state index contributed by atoms with van der Waals surface area (Å²) in [6, 6.07) is 1.52. The second-order valence-corrected chi connectivity index (χ2v) is 7.90. The number of hydrogen-bond acceptors (Lipinski definition) is 5. The highest BCUT2D eigenvalue weighted by Crippen LogP contribution is 2.33.